The van der Waals surface area contributed by atoms with Gasteiger partial charge in [0.2, 0.25) is 5.95 Å². The van der Waals surface area contributed by atoms with Crippen LogP contribution in [0.4, 0.5) is 14.7 Å². The van der Waals surface area contributed by atoms with Crippen molar-refractivity contribution in [2.75, 3.05) is 18.9 Å². The van der Waals surface area contributed by atoms with Gasteiger partial charge in [0.1, 0.15) is 0 Å². The second-order valence-corrected chi connectivity index (χ2v) is 5.71. The van der Waals surface area contributed by atoms with Crippen LogP contribution in [-0.4, -0.2) is 35.6 Å². The van der Waals surface area contributed by atoms with Crippen molar-refractivity contribution in [3.8, 4) is 11.3 Å². The number of anilines is 1. The van der Waals surface area contributed by atoms with Gasteiger partial charge in [0.05, 0.1) is 31.0 Å². The molecule has 2 heterocycles. The molecule has 0 aliphatic carbocycles. The van der Waals surface area contributed by atoms with Crippen molar-refractivity contribution in [3.05, 3.63) is 41.0 Å². The predicted octanol–water partition coefficient (Wildman–Crippen LogP) is 2.67. The Bertz CT molecular complexity index is 701. The van der Waals surface area contributed by atoms with Gasteiger partial charge < -0.3 is 10.5 Å². The molecule has 3 N–H and O–H groups in total. The number of rotatable bonds is 3. The smallest absolute Gasteiger partial charge is 0.255 e. The summed E-state index contributed by atoms with van der Waals surface area (Å²) < 4.78 is 31.0. The first-order valence-corrected chi connectivity index (χ1v) is 7.42. The monoisotopic (exact) mass is 340 g/mol. The van der Waals surface area contributed by atoms with E-state index in [0.717, 1.165) is 11.1 Å². The Labute approximate surface area is 136 Å². The minimum Gasteiger partial charge on any atom is -0.378 e. The molecule has 0 radical (unpaired) electrons. The summed E-state index contributed by atoms with van der Waals surface area (Å²) in [6.45, 7) is 0.291. The van der Waals surface area contributed by atoms with Crippen LogP contribution in [0.15, 0.2) is 30.5 Å². The van der Waals surface area contributed by atoms with Crippen molar-refractivity contribution in [1.29, 1.82) is 0 Å². The minimum absolute atomic E-state index is 0.00989. The number of aromatic nitrogens is 2. The molecular weight excluding hydrogens is 326 g/mol. The maximum Gasteiger partial charge on any atom is 0.255 e. The number of nitrogens with zero attached hydrogens (tertiary/aromatic N) is 2. The Morgan fingerprint density at radius 3 is 2.87 bits per heavy atom. The number of halogens is 3. The molecule has 2 atom stereocenters. The minimum atomic E-state index is -2.49. The van der Waals surface area contributed by atoms with Crippen molar-refractivity contribution in [2.45, 2.75) is 18.5 Å². The molecule has 8 heteroatoms. The van der Waals surface area contributed by atoms with E-state index in [9.17, 15) is 8.78 Å². The third-order valence-electron chi connectivity index (χ3n) is 3.59. The Morgan fingerprint density at radius 1 is 1.30 bits per heavy atom. The lowest BCUT2D eigenvalue weighted by Gasteiger charge is -2.31. The average Bonchev–Trinajstić information content (AvgIpc) is 2.54. The molecule has 1 aromatic heterocycles. The molecule has 0 unspecified atom stereocenters. The quantitative estimate of drug-likeness (QED) is 0.898. The summed E-state index contributed by atoms with van der Waals surface area (Å²) in [5.74, 6) is 0.154. The maximum atomic E-state index is 12.9. The lowest BCUT2D eigenvalue weighted by molar-refractivity contribution is -0.0176. The van der Waals surface area contributed by atoms with Crippen LogP contribution in [0.1, 0.15) is 11.6 Å². The summed E-state index contributed by atoms with van der Waals surface area (Å²) >= 11 is 6.17. The number of morpholine rings is 1. The van der Waals surface area contributed by atoms with Gasteiger partial charge in [-0.1, -0.05) is 11.6 Å². The Balaban J connectivity index is 1.91. The highest BCUT2D eigenvalue weighted by Gasteiger charge is 2.29. The van der Waals surface area contributed by atoms with Crippen LogP contribution in [0.2, 0.25) is 5.02 Å². The van der Waals surface area contributed by atoms with Crippen molar-refractivity contribution in [2.24, 2.45) is 0 Å². The maximum absolute atomic E-state index is 12.9. The molecule has 2 aromatic rings. The van der Waals surface area contributed by atoms with Gasteiger partial charge in [-0.25, -0.2) is 18.7 Å². The number of nitrogens with two attached hydrogens (primary N) is 1. The average molecular weight is 341 g/mol. The second-order valence-electron chi connectivity index (χ2n) is 5.27. The molecule has 23 heavy (non-hydrogen) atoms. The Morgan fingerprint density at radius 2 is 2.13 bits per heavy atom. The van der Waals surface area contributed by atoms with E-state index in [1.807, 2.05) is 6.07 Å². The molecule has 0 spiro atoms. The Kier molecular flexibility index (Phi) is 4.70. The number of hydrogen-bond donors (Lipinski definition) is 2. The fraction of sp³-hybridized carbons (Fsp3) is 0.333. The first kappa shape index (κ1) is 16.0. The van der Waals surface area contributed by atoms with E-state index >= 15 is 0 Å². The molecule has 122 valence electrons. The summed E-state index contributed by atoms with van der Waals surface area (Å²) in [6, 6.07) is 5.65. The Hall–Kier alpha value is -1.83. The summed E-state index contributed by atoms with van der Waals surface area (Å²) in [5.41, 5.74) is 7.71. The van der Waals surface area contributed by atoms with Crippen LogP contribution in [0.25, 0.3) is 11.3 Å². The highest BCUT2D eigenvalue weighted by molar-refractivity contribution is 6.31. The summed E-state index contributed by atoms with van der Waals surface area (Å²) in [5, 5.41) is 3.38. The summed E-state index contributed by atoms with van der Waals surface area (Å²) in [7, 11) is 0. The third-order valence-corrected chi connectivity index (χ3v) is 3.81. The van der Waals surface area contributed by atoms with Crippen molar-refractivity contribution < 1.29 is 13.5 Å². The fourth-order valence-corrected chi connectivity index (χ4v) is 2.74. The van der Waals surface area contributed by atoms with Gasteiger partial charge in [0.25, 0.3) is 6.43 Å². The van der Waals surface area contributed by atoms with E-state index in [2.05, 4.69) is 15.3 Å². The zero-order valence-corrected chi connectivity index (χ0v) is 12.8. The van der Waals surface area contributed by atoms with Crippen molar-refractivity contribution in [3.63, 3.8) is 0 Å². The van der Waals surface area contributed by atoms with Crippen molar-refractivity contribution >= 4 is 17.5 Å². The van der Waals surface area contributed by atoms with E-state index in [1.54, 1.807) is 24.4 Å². The van der Waals surface area contributed by atoms with Crippen LogP contribution in [-0.2, 0) is 4.74 Å². The largest absolute Gasteiger partial charge is 0.378 e. The molecule has 1 aliphatic rings. The second kappa shape index (κ2) is 6.74. The number of nitrogens with one attached hydrogen (secondary N) is 1. The molecule has 5 nitrogen and oxygen atoms in total. The molecule has 1 aromatic carbocycles. The number of alkyl halides is 2. The number of ether oxygens (including phenoxy) is 1. The van der Waals surface area contributed by atoms with E-state index in [4.69, 9.17) is 22.1 Å². The van der Waals surface area contributed by atoms with E-state index < -0.39 is 12.5 Å². The summed E-state index contributed by atoms with van der Waals surface area (Å²) in [6.07, 6.45) is -0.939. The molecule has 3 rings (SSSR count). The van der Waals surface area contributed by atoms with Gasteiger partial charge in [-0.2, -0.15) is 0 Å². The van der Waals surface area contributed by atoms with Gasteiger partial charge in [-0.05, 0) is 29.8 Å². The SMILES string of the molecule is Nc1nccc(-c2cc(Cl)cc([C@@H]3COC[C@@H](C(F)F)N3)c2)n1. The highest BCUT2D eigenvalue weighted by atomic mass is 35.5. The molecule has 1 aliphatic heterocycles. The topological polar surface area (TPSA) is 73.1 Å². The van der Waals surface area contributed by atoms with Gasteiger partial charge in [-0.15, -0.1) is 0 Å². The third kappa shape index (κ3) is 3.74. The standard InChI is InChI=1S/C15H15ClF2N4O/c16-10-4-8(11-1-2-20-15(19)22-11)3-9(5-10)12-6-23-7-13(21-12)14(17)18/h1-5,12-14,21H,6-7H2,(H2,19,20,22)/t12-,13-/m0/s1. The number of hydrogen-bond acceptors (Lipinski definition) is 5. The normalized spacial score (nSPS) is 21.6. The predicted molar refractivity (Wildman–Crippen MR) is 83.4 cm³/mol. The fourth-order valence-electron chi connectivity index (χ4n) is 2.50. The van der Waals surface area contributed by atoms with Crippen LogP contribution in [0.3, 0.4) is 0 Å². The molecule has 1 fully saturated rings. The zero-order valence-electron chi connectivity index (χ0n) is 12.0. The lowest BCUT2D eigenvalue weighted by Crippen LogP contribution is -2.47. The van der Waals surface area contributed by atoms with Crippen LogP contribution < -0.4 is 11.1 Å². The van der Waals surface area contributed by atoms with Gasteiger partial charge in [0, 0.05) is 16.8 Å². The van der Waals surface area contributed by atoms with Crippen LogP contribution >= 0.6 is 11.6 Å². The first-order chi connectivity index (χ1) is 11.0. The highest BCUT2D eigenvalue weighted by Crippen LogP contribution is 2.28. The molecular formula is C15H15ClF2N4O. The first-order valence-electron chi connectivity index (χ1n) is 7.04. The number of benzene rings is 1. The van der Waals surface area contributed by atoms with E-state index in [0.29, 0.717) is 17.3 Å². The van der Waals surface area contributed by atoms with Gasteiger partial charge >= 0.3 is 0 Å². The number of nitrogen functional groups attached to an aromatic ring is 1. The van der Waals surface area contributed by atoms with Crippen molar-refractivity contribution in [1.82, 2.24) is 15.3 Å². The molecule has 0 bridgehead atoms. The van der Waals surface area contributed by atoms with E-state index in [-0.39, 0.29) is 18.6 Å². The summed E-state index contributed by atoms with van der Waals surface area (Å²) in [4.78, 5) is 8.00. The van der Waals surface area contributed by atoms with E-state index in [1.165, 1.54) is 0 Å². The van der Waals surface area contributed by atoms with Crippen LogP contribution in [0.5, 0.6) is 0 Å². The van der Waals surface area contributed by atoms with Crippen LogP contribution in [0, 0.1) is 0 Å². The zero-order chi connectivity index (χ0) is 16.4. The lowest BCUT2D eigenvalue weighted by atomic mass is 10.0. The molecule has 1 saturated heterocycles. The molecule has 0 saturated carbocycles. The van der Waals surface area contributed by atoms with Gasteiger partial charge in [0.15, 0.2) is 0 Å². The molecule has 0 amide bonds. The van der Waals surface area contributed by atoms with Gasteiger partial charge in [-0.3, -0.25) is 5.32 Å².